The quantitative estimate of drug-likeness (QED) is 0.465. The van der Waals surface area contributed by atoms with Gasteiger partial charge in [0.1, 0.15) is 11.4 Å². The van der Waals surface area contributed by atoms with E-state index in [1.54, 1.807) is 0 Å². The van der Waals surface area contributed by atoms with Gasteiger partial charge in [-0.1, -0.05) is 17.7 Å². The van der Waals surface area contributed by atoms with Crippen molar-refractivity contribution >= 4 is 23.5 Å². The molecule has 0 atom stereocenters. The molecule has 0 saturated carbocycles. The second-order valence-corrected chi connectivity index (χ2v) is 8.57. The fourth-order valence-electron chi connectivity index (χ4n) is 3.11. The van der Waals surface area contributed by atoms with E-state index in [2.05, 4.69) is 36.5 Å². The smallest absolute Gasteiger partial charge is 0.412 e. The third kappa shape index (κ3) is 4.98. The Morgan fingerprint density at radius 2 is 1.85 bits per heavy atom. The molecular weight excluding hydrogens is 358 g/mol. The molecule has 0 saturated heterocycles. The summed E-state index contributed by atoms with van der Waals surface area (Å²) in [6, 6.07) is 12.6. The van der Waals surface area contributed by atoms with Gasteiger partial charge in [-0.3, -0.25) is 5.32 Å². The van der Waals surface area contributed by atoms with E-state index in [1.165, 1.54) is 10.5 Å². The summed E-state index contributed by atoms with van der Waals surface area (Å²) in [5, 5.41) is 2.79. The van der Waals surface area contributed by atoms with Gasteiger partial charge in [-0.25, -0.2) is 4.79 Å². The number of hydrogen-bond acceptors (Lipinski definition) is 4. The standard InChI is InChI=1S/C22H27NO3S/c1-15-7-9-18(10-8-15)27-12-6-5-11-25-17-13-16(2)20-19(14-17)22(3,4)26-21(24)23-20/h7-10,13-14H,5-6,11-12H2,1-4H3,(H,23,24). The predicted molar refractivity (Wildman–Crippen MR) is 111 cm³/mol. The van der Waals surface area contributed by atoms with Gasteiger partial charge in [0.25, 0.3) is 0 Å². The van der Waals surface area contributed by atoms with Gasteiger partial charge < -0.3 is 9.47 Å². The van der Waals surface area contributed by atoms with Crippen LogP contribution in [0.1, 0.15) is 43.4 Å². The fraction of sp³-hybridized carbons (Fsp3) is 0.409. The number of anilines is 1. The molecule has 0 bridgehead atoms. The van der Waals surface area contributed by atoms with Gasteiger partial charge >= 0.3 is 6.09 Å². The van der Waals surface area contributed by atoms with Crippen molar-refractivity contribution in [2.75, 3.05) is 17.7 Å². The van der Waals surface area contributed by atoms with E-state index < -0.39 is 11.7 Å². The second kappa shape index (κ2) is 8.26. The first-order chi connectivity index (χ1) is 12.8. The minimum Gasteiger partial charge on any atom is -0.494 e. The van der Waals surface area contributed by atoms with Crippen LogP contribution >= 0.6 is 11.8 Å². The van der Waals surface area contributed by atoms with Crippen LogP contribution in [0.15, 0.2) is 41.3 Å². The molecule has 0 fully saturated rings. The third-order valence-corrected chi connectivity index (χ3v) is 5.73. The number of hydrogen-bond donors (Lipinski definition) is 1. The molecule has 0 radical (unpaired) electrons. The van der Waals surface area contributed by atoms with Crippen molar-refractivity contribution in [2.24, 2.45) is 0 Å². The molecule has 2 aromatic carbocycles. The summed E-state index contributed by atoms with van der Waals surface area (Å²) in [6.07, 6.45) is 1.70. The summed E-state index contributed by atoms with van der Waals surface area (Å²) < 4.78 is 11.4. The number of ether oxygens (including phenoxy) is 2. The van der Waals surface area contributed by atoms with Crippen molar-refractivity contribution in [1.82, 2.24) is 0 Å². The molecule has 1 amide bonds. The molecular formula is C22H27NO3S. The zero-order valence-corrected chi connectivity index (χ0v) is 17.2. The third-order valence-electron chi connectivity index (χ3n) is 4.63. The van der Waals surface area contributed by atoms with Crippen LogP contribution in [0.4, 0.5) is 10.5 Å². The SMILES string of the molecule is Cc1ccc(SCCCCOc2cc(C)c3c(c2)C(C)(C)OC(=O)N3)cc1. The summed E-state index contributed by atoms with van der Waals surface area (Å²) in [5.74, 6) is 1.91. The molecule has 0 unspecified atom stereocenters. The largest absolute Gasteiger partial charge is 0.494 e. The van der Waals surface area contributed by atoms with Crippen LogP contribution in [0, 0.1) is 13.8 Å². The van der Waals surface area contributed by atoms with Crippen LogP contribution in [0.2, 0.25) is 0 Å². The minimum absolute atomic E-state index is 0.407. The Kier molecular flexibility index (Phi) is 6.00. The highest BCUT2D eigenvalue weighted by Gasteiger charge is 2.34. The highest BCUT2D eigenvalue weighted by molar-refractivity contribution is 7.99. The molecule has 1 aliphatic heterocycles. The highest BCUT2D eigenvalue weighted by atomic mass is 32.2. The number of amides is 1. The lowest BCUT2D eigenvalue weighted by molar-refractivity contribution is 0.0417. The number of rotatable bonds is 7. The average Bonchev–Trinajstić information content (AvgIpc) is 2.60. The molecule has 27 heavy (non-hydrogen) atoms. The molecule has 1 aliphatic rings. The van der Waals surface area contributed by atoms with Crippen molar-refractivity contribution in [3.63, 3.8) is 0 Å². The first-order valence-corrected chi connectivity index (χ1v) is 10.3. The number of aryl methyl sites for hydroxylation is 2. The van der Waals surface area contributed by atoms with Gasteiger partial charge in [0.2, 0.25) is 0 Å². The molecule has 2 aromatic rings. The average molecular weight is 386 g/mol. The number of thioether (sulfide) groups is 1. The number of benzene rings is 2. The minimum atomic E-state index is -0.660. The fourth-order valence-corrected chi connectivity index (χ4v) is 4.02. The number of unbranched alkanes of at least 4 members (excludes halogenated alkanes) is 1. The Hall–Kier alpha value is -2.14. The summed E-state index contributed by atoms with van der Waals surface area (Å²) in [4.78, 5) is 13.0. The highest BCUT2D eigenvalue weighted by Crippen LogP contribution is 2.39. The normalized spacial score (nSPS) is 14.9. The lowest BCUT2D eigenvalue weighted by atomic mass is 9.92. The number of cyclic esters (lactones) is 1. The topological polar surface area (TPSA) is 47.6 Å². The molecule has 1 heterocycles. The molecule has 0 spiro atoms. The van der Waals surface area contributed by atoms with Gasteiger partial charge in [-0.15, -0.1) is 11.8 Å². The van der Waals surface area contributed by atoms with Crippen LogP contribution < -0.4 is 10.1 Å². The molecule has 0 aromatic heterocycles. The van der Waals surface area contributed by atoms with Crippen LogP contribution in [0.5, 0.6) is 5.75 Å². The maximum atomic E-state index is 11.7. The molecule has 0 aliphatic carbocycles. The van der Waals surface area contributed by atoms with Gasteiger partial charge in [0.15, 0.2) is 0 Å². The van der Waals surface area contributed by atoms with Crippen LogP contribution in [0.25, 0.3) is 0 Å². The van der Waals surface area contributed by atoms with Crippen molar-refractivity contribution in [1.29, 1.82) is 0 Å². The van der Waals surface area contributed by atoms with E-state index in [0.29, 0.717) is 6.61 Å². The first kappa shape index (κ1) is 19.6. The van der Waals surface area contributed by atoms with E-state index in [1.807, 2.05) is 44.7 Å². The molecule has 3 rings (SSSR count). The molecule has 1 N–H and O–H groups in total. The van der Waals surface area contributed by atoms with E-state index in [4.69, 9.17) is 9.47 Å². The van der Waals surface area contributed by atoms with Crippen molar-refractivity contribution in [3.05, 3.63) is 53.1 Å². The second-order valence-electron chi connectivity index (χ2n) is 7.40. The Bertz CT molecular complexity index is 815. The van der Waals surface area contributed by atoms with Crippen LogP contribution in [-0.2, 0) is 10.3 Å². The van der Waals surface area contributed by atoms with E-state index in [-0.39, 0.29) is 0 Å². The van der Waals surface area contributed by atoms with E-state index in [0.717, 1.165) is 41.2 Å². The predicted octanol–water partition coefficient (Wildman–Crippen LogP) is 6.05. The summed E-state index contributed by atoms with van der Waals surface area (Å²) in [5.41, 5.74) is 3.40. The maximum absolute atomic E-state index is 11.7. The zero-order chi connectivity index (χ0) is 19.4. The monoisotopic (exact) mass is 385 g/mol. The van der Waals surface area contributed by atoms with Gasteiger partial charge in [-0.2, -0.15) is 0 Å². The number of carbonyl (C=O) groups is 1. The lowest BCUT2D eigenvalue weighted by Gasteiger charge is -2.33. The van der Waals surface area contributed by atoms with E-state index in [9.17, 15) is 4.79 Å². The zero-order valence-electron chi connectivity index (χ0n) is 16.4. The molecule has 5 heteroatoms. The van der Waals surface area contributed by atoms with Crippen molar-refractivity contribution in [3.8, 4) is 5.75 Å². The Morgan fingerprint density at radius 1 is 1.11 bits per heavy atom. The number of carbonyl (C=O) groups excluding carboxylic acids is 1. The maximum Gasteiger partial charge on any atom is 0.412 e. The Labute approximate surface area is 165 Å². The van der Waals surface area contributed by atoms with Gasteiger partial charge in [-0.05, 0) is 76.1 Å². The molecule has 4 nitrogen and oxygen atoms in total. The van der Waals surface area contributed by atoms with E-state index >= 15 is 0 Å². The Balaban J connectivity index is 1.49. The Morgan fingerprint density at radius 3 is 2.59 bits per heavy atom. The van der Waals surface area contributed by atoms with Crippen LogP contribution in [-0.4, -0.2) is 18.5 Å². The lowest BCUT2D eigenvalue weighted by Crippen LogP contribution is -2.35. The number of fused-ring (bicyclic) bond motifs is 1. The summed E-state index contributed by atoms with van der Waals surface area (Å²) in [7, 11) is 0. The van der Waals surface area contributed by atoms with Gasteiger partial charge in [0, 0.05) is 10.5 Å². The number of nitrogens with one attached hydrogen (secondary N) is 1. The first-order valence-electron chi connectivity index (χ1n) is 9.32. The summed E-state index contributed by atoms with van der Waals surface area (Å²) >= 11 is 1.88. The van der Waals surface area contributed by atoms with Crippen LogP contribution in [0.3, 0.4) is 0 Å². The van der Waals surface area contributed by atoms with Crippen molar-refractivity contribution in [2.45, 2.75) is 51.0 Å². The summed E-state index contributed by atoms with van der Waals surface area (Å²) in [6.45, 7) is 8.56. The van der Waals surface area contributed by atoms with Gasteiger partial charge in [0.05, 0.1) is 12.3 Å². The van der Waals surface area contributed by atoms with Crippen molar-refractivity contribution < 1.29 is 14.3 Å². The molecule has 144 valence electrons.